The van der Waals surface area contributed by atoms with Crippen LogP contribution in [-0.2, 0) is 14.8 Å². The topological polar surface area (TPSA) is 93.0 Å². The lowest BCUT2D eigenvalue weighted by Gasteiger charge is -2.24. The average Bonchev–Trinajstić information content (AvgIpc) is 3.21. The molecule has 3 aromatic carbocycles. The van der Waals surface area contributed by atoms with Crippen LogP contribution < -0.4 is 14.5 Å². The Morgan fingerprint density at radius 2 is 1.68 bits per heavy atom. The lowest BCUT2D eigenvalue weighted by Crippen LogP contribution is -2.39. The molecule has 9 heteroatoms. The van der Waals surface area contributed by atoms with Crippen molar-refractivity contribution in [2.24, 2.45) is 5.10 Å². The highest BCUT2D eigenvalue weighted by Gasteiger charge is 2.27. The van der Waals surface area contributed by atoms with Gasteiger partial charge in [0.2, 0.25) is 0 Å². The number of ether oxygens (including phenoxy) is 1. The van der Waals surface area contributed by atoms with Crippen LogP contribution in [0.2, 0.25) is 0 Å². The molecule has 0 saturated carbocycles. The number of benzene rings is 3. The molecule has 0 aliphatic heterocycles. The zero-order valence-electron chi connectivity index (χ0n) is 23.4. The normalized spacial score (nSPS) is 11.5. The Balaban J connectivity index is 1.55. The molecule has 0 aliphatic carbocycles. The van der Waals surface area contributed by atoms with Crippen LogP contribution in [0.5, 0.6) is 5.75 Å². The maximum absolute atomic E-state index is 13.5. The van der Waals surface area contributed by atoms with Crippen LogP contribution in [0.15, 0.2) is 88.9 Å². The summed E-state index contributed by atoms with van der Waals surface area (Å²) in [6, 6.07) is 22.9. The summed E-state index contributed by atoms with van der Waals surface area (Å²) in [4.78, 5) is 13.0. The molecule has 4 rings (SSSR count). The number of aryl methyl sites for hydroxylation is 3. The van der Waals surface area contributed by atoms with Gasteiger partial charge in [-0.15, -0.1) is 0 Å². The molecule has 0 spiro atoms. The first kappa shape index (κ1) is 28.6. The van der Waals surface area contributed by atoms with Crippen molar-refractivity contribution in [1.82, 2.24) is 9.99 Å². The van der Waals surface area contributed by atoms with E-state index in [9.17, 15) is 13.2 Å². The van der Waals surface area contributed by atoms with E-state index in [0.717, 1.165) is 32.5 Å². The largest absolute Gasteiger partial charge is 0.494 e. The Labute approximate surface area is 236 Å². The molecule has 1 heterocycles. The molecule has 0 aliphatic rings. The summed E-state index contributed by atoms with van der Waals surface area (Å²) in [7, 11) is -4.02. The Bertz CT molecular complexity index is 1630. The van der Waals surface area contributed by atoms with Gasteiger partial charge in [-0.2, -0.15) is 5.10 Å². The first-order chi connectivity index (χ1) is 19.1. The van der Waals surface area contributed by atoms with Gasteiger partial charge in [-0.3, -0.25) is 9.10 Å². The van der Waals surface area contributed by atoms with Crippen molar-refractivity contribution in [3.63, 3.8) is 0 Å². The number of aromatic nitrogens is 1. The molecule has 1 aromatic heterocycles. The summed E-state index contributed by atoms with van der Waals surface area (Å²) in [5, 5.41) is 4.15. The lowest BCUT2D eigenvalue weighted by molar-refractivity contribution is -0.119. The second kappa shape index (κ2) is 12.2. The Morgan fingerprint density at radius 3 is 2.33 bits per heavy atom. The second-order valence-electron chi connectivity index (χ2n) is 9.50. The molecule has 0 bridgehead atoms. The van der Waals surface area contributed by atoms with E-state index in [1.54, 1.807) is 48.7 Å². The van der Waals surface area contributed by atoms with Gasteiger partial charge in [-0.25, -0.2) is 13.8 Å². The minimum Gasteiger partial charge on any atom is -0.494 e. The summed E-state index contributed by atoms with van der Waals surface area (Å²) in [5.74, 6) is 0.0311. The zero-order valence-corrected chi connectivity index (χ0v) is 24.2. The van der Waals surface area contributed by atoms with Gasteiger partial charge in [-0.05, 0) is 88.7 Å². The summed E-state index contributed by atoms with van der Waals surface area (Å²) in [5.41, 5.74) is 9.13. The van der Waals surface area contributed by atoms with E-state index < -0.39 is 22.5 Å². The molecule has 4 aromatic rings. The van der Waals surface area contributed by atoms with Gasteiger partial charge < -0.3 is 9.30 Å². The standard InChI is InChI=1S/C31H34N4O4S/c1-6-39-28-15-13-27(14-16-28)34(40(37,38)29-10-8-7-9-11-29)21-31(36)33-32-20-26-19-24(4)35(25(26)5)30-17-12-22(2)18-23(30)3/h7-20H,6,21H2,1-5H3,(H,33,36)/b32-20+. The van der Waals surface area contributed by atoms with E-state index in [2.05, 4.69) is 47.1 Å². The second-order valence-corrected chi connectivity index (χ2v) is 11.4. The van der Waals surface area contributed by atoms with E-state index in [4.69, 9.17) is 4.74 Å². The van der Waals surface area contributed by atoms with Crippen molar-refractivity contribution in [2.75, 3.05) is 17.5 Å². The van der Waals surface area contributed by atoms with Crippen molar-refractivity contribution in [3.8, 4) is 11.4 Å². The SMILES string of the molecule is CCOc1ccc(N(CC(=O)N/N=C/c2cc(C)n(-c3ccc(C)cc3C)c2C)S(=O)(=O)c2ccccc2)cc1. The number of hydrogen-bond donors (Lipinski definition) is 1. The van der Waals surface area contributed by atoms with Crippen molar-refractivity contribution in [3.05, 3.63) is 107 Å². The molecule has 208 valence electrons. The predicted molar refractivity (Wildman–Crippen MR) is 159 cm³/mol. The van der Waals surface area contributed by atoms with Crippen LogP contribution >= 0.6 is 0 Å². The number of hydrazone groups is 1. The average molecular weight is 559 g/mol. The minimum absolute atomic E-state index is 0.0824. The van der Waals surface area contributed by atoms with Crippen molar-refractivity contribution in [1.29, 1.82) is 0 Å². The van der Waals surface area contributed by atoms with E-state index in [1.807, 2.05) is 26.8 Å². The third kappa shape index (κ3) is 6.26. The smallest absolute Gasteiger partial charge is 0.264 e. The molecule has 0 fully saturated rings. The Morgan fingerprint density at radius 1 is 0.975 bits per heavy atom. The first-order valence-corrected chi connectivity index (χ1v) is 14.4. The molecule has 1 amide bonds. The van der Waals surface area contributed by atoms with E-state index in [-0.39, 0.29) is 4.90 Å². The number of carbonyl (C=O) groups excluding carboxylic acids is 1. The van der Waals surface area contributed by atoms with Gasteiger partial charge in [0, 0.05) is 22.6 Å². The monoisotopic (exact) mass is 558 g/mol. The molecule has 8 nitrogen and oxygen atoms in total. The van der Waals surface area contributed by atoms with Gasteiger partial charge in [0.15, 0.2) is 0 Å². The fourth-order valence-electron chi connectivity index (χ4n) is 4.59. The van der Waals surface area contributed by atoms with Crippen LogP contribution in [0.1, 0.15) is 35.0 Å². The van der Waals surface area contributed by atoms with Gasteiger partial charge in [-0.1, -0.05) is 35.9 Å². The summed E-state index contributed by atoms with van der Waals surface area (Å²) < 4.78 is 35.7. The van der Waals surface area contributed by atoms with Gasteiger partial charge in [0.1, 0.15) is 12.3 Å². The fraction of sp³-hybridized carbons (Fsp3) is 0.226. The van der Waals surface area contributed by atoms with Crippen molar-refractivity contribution < 1.29 is 17.9 Å². The number of nitrogens with one attached hydrogen (secondary N) is 1. The van der Waals surface area contributed by atoms with Gasteiger partial charge >= 0.3 is 0 Å². The summed E-state index contributed by atoms with van der Waals surface area (Å²) >= 11 is 0. The molecular weight excluding hydrogens is 524 g/mol. The number of sulfonamides is 1. The van der Waals surface area contributed by atoms with Gasteiger partial charge in [0.25, 0.3) is 15.9 Å². The number of carbonyl (C=O) groups is 1. The van der Waals surface area contributed by atoms with Crippen LogP contribution in [0.25, 0.3) is 5.69 Å². The molecule has 0 unspecified atom stereocenters. The van der Waals surface area contributed by atoms with E-state index in [1.165, 1.54) is 17.7 Å². The minimum atomic E-state index is -4.02. The first-order valence-electron chi connectivity index (χ1n) is 13.0. The number of hydrogen-bond acceptors (Lipinski definition) is 5. The fourth-order valence-corrected chi connectivity index (χ4v) is 6.04. The highest BCUT2D eigenvalue weighted by Crippen LogP contribution is 2.26. The van der Waals surface area contributed by atoms with Crippen molar-refractivity contribution in [2.45, 2.75) is 39.5 Å². The highest BCUT2D eigenvalue weighted by molar-refractivity contribution is 7.92. The molecule has 40 heavy (non-hydrogen) atoms. The maximum Gasteiger partial charge on any atom is 0.264 e. The Kier molecular flexibility index (Phi) is 8.74. The molecule has 0 saturated heterocycles. The predicted octanol–water partition coefficient (Wildman–Crippen LogP) is 5.46. The third-order valence-electron chi connectivity index (χ3n) is 6.51. The van der Waals surface area contributed by atoms with Crippen LogP contribution in [0.3, 0.4) is 0 Å². The Hall–Kier alpha value is -4.37. The van der Waals surface area contributed by atoms with E-state index >= 15 is 0 Å². The van der Waals surface area contributed by atoms with Crippen LogP contribution in [0, 0.1) is 27.7 Å². The number of nitrogens with zero attached hydrogens (tertiary/aromatic N) is 3. The number of rotatable bonds is 10. The van der Waals surface area contributed by atoms with Crippen LogP contribution in [-0.4, -0.2) is 38.3 Å². The summed E-state index contributed by atoms with van der Waals surface area (Å²) in [6.45, 7) is 10.1. The molecule has 1 N–H and O–H groups in total. The number of amides is 1. The van der Waals surface area contributed by atoms with Crippen molar-refractivity contribution >= 4 is 27.8 Å². The summed E-state index contributed by atoms with van der Waals surface area (Å²) in [6.07, 6.45) is 1.58. The zero-order chi connectivity index (χ0) is 28.9. The highest BCUT2D eigenvalue weighted by atomic mass is 32.2. The third-order valence-corrected chi connectivity index (χ3v) is 8.30. The molecular formula is C31H34N4O4S. The van der Waals surface area contributed by atoms with Crippen LogP contribution in [0.4, 0.5) is 5.69 Å². The molecule has 0 radical (unpaired) electrons. The lowest BCUT2D eigenvalue weighted by atomic mass is 10.1. The molecule has 0 atom stereocenters. The number of anilines is 1. The quantitative estimate of drug-likeness (QED) is 0.207. The van der Waals surface area contributed by atoms with Gasteiger partial charge in [0.05, 0.1) is 23.4 Å². The maximum atomic E-state index is 13.5. The van der Waals surface area contributed by atoms with E-state index in [0.29, 0.717) is 18.0 Å².